The third-order valence-corrected chi connectivity index (χ3v) is 4.36. The summed E-state index contributed by atoms with van der Waals surface area (Å²) in [6, 6.07) is 11.2. The van der Waals surface area contributed by atoms with Crippen molar-refractivity contribution in [2.45, 2.75) is 12.3 Å². The van der Waals surface area contributed by atoms with E-state index in [1.807, 2.05) is 24.3 Å². The van der Waals surface area contributed by atoms with Gasteiger partial charge >= 0.3 is 0 Å². The minimum absolute atomic E-state index is 0.0934. The van der Waals surface area contributed by atoms with Crippen molar-refractivity contribution in [1.82, 2.24) is 0 Å². The van der Waals surface area contributed by atoms with Crippen molar-refractivity contribution >= 4 is 34.8 Å². The average Bonchev–Trinajstić information content (AvgIpc) is 2.48. The van der Waals surface area contributed by atoms with Gasteiger partial charge in [0.2, 0.25) is 0 Å². The van der Waals surface area contributed by atoms with Crippen LogP contribution in [-0.4, -0.2) is 13.7 Å². The van der Waals surface area contributed by atoms with Crippen molar-refractivity contribution in [3.63, 3.8) is 0 Å². The van der Waals surface area contributed by atoms with E-state index in [4.69, 9.17) is 45.3 Å². The van der Waals surface area contributed by atoms with Crippen LogP contribution in [0, 0.1) is 0 Å². The molecule has 0 aliphatic carbocycles. The molecule has 21 heavy (non-hydrogen) atoms. The predicted molar refractivity (Wildman–Crippen MR) is 90.0 cm³/mol. The van der Waals surface area contributed by atoms with Crippen LogP contribution in [0.1, 0.15) is 17.0 Å². The number of halogens is 3. The topological polar surface area (TPSA) is 35.2 Å². The fraction of sp³-hybridized carbons (Fsp3) is 0.250. The fourth-order valence-electron chi connectivity index (χ4n) is 2.30. The smallest absolute Gasteiger partial charge is 0.122 e. The molecule has 5 heteroatoms. The largest absolute Gasteiger partial charge is 0.496 e. The molecule has 1 atom stereocenters. The lowest BCUT2D eigenvalue weighted by atomic mass is 9.91. The summed E-state index contributed by atoms with van der Waals surface area (Å²) in [5, 5.41) is 1.76. The summed E-state index contributed by atoms with van der Waals surface area (Å²) in [5.41, 5.74) is 8.01. The Balaban J connectivity index is 2.31. The maximum Gasteiger partial charge on any atom is 0.122 e. The molecule has 112 valence electrons. The Morgan fingerprint density at radius 2 is 1.81 bits per heavy atom. The summed E-state index contributed by atoms with van der Waals surface area (Å²) >= 11 is 18.1. The maximum absolute atomic E-state index is 6.09. The minimum atomic E-state index is 0.0934. The SMILES string of the molecule is COc1ccc(Cl)cc1C(CN)Cc1ccc(Cl)c(Cl)c1. The third-order valence-electron chi connectivity index (χ3n) is 3.38. The van der Waals surface area contributed by atoms with Gasteiger partial charge in [-0.05, 0) is 48.9 Å². The standard InChI is InChI=1S/C16H16Cl3NO/c1-21-16-5-3-12(17)8-13(16)11(9-20)6-10-2-4-14(18)15(19)7-10/h2-5,7-8,11H,6,9,20H2,1H3. The van der Waals surface area contributed by atoms with E-state index < -0.39 is 0 Å². The van der Waals surface area contributed by atoms with Crippen molar-refractivity contribution in [2.24, 2.45) is 5.73 Å². The molecule has 2 N–H and O–H groups in total. The van der Waals surface area contributed by atoms with E-state index in [1.54, 1.807) is 19.2 Å². The molecule has 0 aliphatic heterocycles. The maximum atomic E-state index is 6.09. The molecular formula is C16H16Cl3NO. The Hall–Kier alpha value is -0.930. The monoisotopic (exact) mass is 343 g/mol. The van der Waals surface area contributed by atoms with Crippen molar-refractivity contribution < 1.29 is 4.74 Å². The molecule has 1 unspecified atom stereocenters. The highest BCUT2D eigenvalue weighted by Gasteiger charge is 2.16. The van der Waals surface area contributed by atoms with E-state index in [0.29, 0.717) is 21.6 Å². The summed E-state index contributed by atoms with van der Waals surface area (Å²) in [7, 11) is 1.64. The van der Waals surface area contributed by atoms with Crippen LogP contribution in [-0.2, 0) is 6.42 Å². The molecule has 2 rings (SSSR count). The number of hydrogen-bond acceptors (Lipinski definition) is 2. The average molecular weight is 345 g/mol. The molecule has 0 heterocycles. The first-order chi connectivity index (χ1) is 10.0. The van der Waals surface area contributed by atoms with Crippen LogP contribution in [0.25, 0.3) is 0 Å². The zero-order valence-corrected chi connectivity index (χ0v) is 13.8. The molecule has 2 nitrogen and oxygen atoms in total. The molecule has 0 bridgehead atoms. The first kappa shape index (κ1) is 16.4. The summed E-state index contributed by atoms with van der Waals surface area (Å²) in [4.78, 5) is 0. The van der Waals surface area contributed by atoms with Gasteiger partial charge in [-0.3, -0.25) is 0 Å². The van der Waals surface area contributed by atoms with Crippen molar-refractivity contribution in [2.75, 3.05) is 13.7 Å². The van der Waals surface area contributed by atoms with Crippen LogP contribution in [0.4, 0.5) is 0 Å². The second-order valence-corrected chi connectivity index (χ2v) is 6.02. The van der Waals surface area contributed by atoms with E-state index in [9.17, 15) is 0 Å². The van der Waals surface area contributed by atoms with E-state index in [1.165, 1.54) is 0 Å². The van der Waals surface area contributed by atoms with Gasteiger partial charge in [0.25, 0.3) is 0 Å². The lowest BCUT2D eigenvalue weighted by Crippen LogP contribution is -2.16. The van der Waals surface area contributed by atoms with E-state index >= 15 is 0 Å². The van der Waals surface area contributed by atoms with Crippen LogP contribution in [0.5, 0.6) is 5.75 Å². The van der Waals surface area contributed by atoms with Crippen LogP contribution >= 0.6 is 34.8 Å². The van der Waals surface area contributed by atoms with E-state index in [0.717, 1.165) is 23.3 Å². The fourth-order valence-corrected chi connectivity index (χ4v) is 2.80. The lowest BCUT2D eigenvalue weighted by Gasteiger charge is -2.19. The molecule has 0 amide bonds. The molecule has 0 aromatic heterocycles. The van der Waals surface area contributed by atoms with Crippen molar-refractivity contribution in [3.8, 4) is 5.75 Å². The number of hydrogen-bond donors (Lipinski definition) is 1. The highest BCUT2D eigenvalue weighted by molar-refractivity contribution is 6.42. The van der Waals surface area contributed by atoms with Crippen LogP contribution in [0.3, 0.4) is 0 Å². The summed E-state index contributed by atoms with van der Waals surface area (Å²) < 4.78 is 5.40. The number of ether oxygens (including phenoxy) is 1. The number of nitrogens with two attached hydrogens (primary N) is 1. The van der Waals surface area contributed by atoms with Gasteiger partial charge in [0.1, 0.15) is 5.75 Å². The van der Waals surface area contributed by atoms with Crippen LogP contribution in [0.15, 0.2) is 36.4 Å². The molecule has 2 aromatic carbocycles. The third kappa shape index (κ3) is 4.04. The number of benzene rings is 2. The summed E-state index contributed by atoms with van der Waals surface area (Å²) in [5.74, 6) is 0.880. The number of methoxy groups -OCH3 is 1. The Labute approximate surface area is 139 Å². The van der Waals surface area contributed by atoms with Gasteiger partial charge in [-0.25, -0.2) is 0 Å². The highest BCUT2D eigenvalue weighted by atomic mass is 35.5. The van der Waals surface area contributed by atoms with Gasteiger partial charge in [-0.2, -0.15) is 0 Å². The zero-order valence-electron chi connectivity index (χ0n) is 11.6. The normalized spacial score (nSPS) is 12.2. The minimum Gasteiger partial charge on any atom is -0.496 e. The molecule has 2 aromatic rings. The molecule has 0 spiro atoms. The molecule has 0 saturated heterocycles. The molecule has 0 fully saturated rings. The van der Waals surface area contributed by atoms with Gasteiger partial charge in [-0.1, -0.05) is 40.9 Å². The Bertz CT molecular complexity index is 631. The molecule has 0 radical (unpaired) electrons. The predicted octanol–water partition coefficient (Wildman–Crippen LogP) is 4.94. The summed E-state index contributed by atoms with van der Waals surface area (Å²) in [6.07, 6.45) is 0.740. The van der Waals surface area contributed by atoms with Crippen LogP contribution in [0.2, 0.25) is 15.1 Å². The second kappa shape index (κ2) is 7.37. The van der Waals surface area contributed by atoms with E-state index in [2.05, 4.69) is 0 Å². The van der Waals surface area contributed by atoms with Crippen molar-refractivity contribution in [1.29, 1.82) is 0 Å². The molecule has 0 saturated carbocycles. The van der Waals surface area contributed by atoms with Gasteiger partial charge in [0, 0.05) is 16.5 Å². The lowest BCUT2D eigenvalue weighted by molar-refractivity contribution is 0.405. The van der Waals surface area contributed by atoms with Gasteiger partial charge in [0.05, 0.1) is 17.2 Å². The van der Waals surface area contributed by atoms with Crippen molar-refractivity contribution in [3.05, 3.63) is 62.6 Å². The second-order valence-electron chi connectivity index (χ2n) is 4.77. The highest BCUT2D eigenvalue weighted by Crippen LogP contribution is 2.32. The van der Waals surface area contributed by atoms with Gasteiger partial charge in [-0.15, -0.1) is 0 Å². The Morgan fingerprint density at radius 3 is 2.43 bits per heavy atom. The first-order valence-corrected chi connectivity index (χ1v) is 7.66. The van der Waals surface area contributed by atoms with Crippen LogP contribution < -0.4 is 10.5 Å². The Morgan fingerprint density at radius 1 is 1.05 bits per heavy atom. The molecular weight excluding hydrogens is 329 g/mol. The zero-order chi connectivity index (χ0) is 15.4. The Kier molecular flexibility index (Phi) is 5.77. The van der Waals surface area contributed by atoms with Gasteiger partial charge in [0.15, 0.2) is 0 Å². The molecule has 0 aliphatic rings. The number of rotatable bonds is 5. The van der Waals surface area contributed by atoms with E-state index in [-0.39, 0.29) is 5.92 Å². The first-order valence-electron chi connectivity index (χ1n) is 6.52. The quantitative estimate of drug-likeness (QED) is 0.833. The summed E-state index contributed by atoms with van der Waals surface area (Å²) in [6.45, 7) is 0.483. The van der Waals surface area contributed by atoms with Gasteiger partial charge < -0.3 is 10.5 Å².